The number of nitrogens with one attached hydrogen (secondary N) is 2. The van der Waals surface area contributed by atoms with Crippen molar-refractivity contribution in [3.05, 3.63) is 11.8 Å². The lowest BCUT2D eigenvalue weighted by atomic mass is 9.48. The predicted molar refractivity (Wildman–Crippen MR) is 94.9 cm³/mol. The van der Waals surface area contributed by atoms with Crippen LogP contribution in [0.25, 0.3) is 0 Å². The summed E-state index contributed by atoms with van der Waals surface area (Å²) in [6.45, 7) is 10.8. The van der Waals surface area contributed by atoms with E-state index in [1.807, 2.05) is 6.20 Å². The fourth-order valence-corrected chi connectivity index (χ4v) is 5.49. The number of hydrogen-bond donors (Lipinski definition) is 2. The van der Waals surface area contributed by atoms with Gasteiger partial charge in [-0.3, -0.25) is 0 Å². The summed E-state index contributed by atoms with van der Waals surface area (Å²) < 4.78 is 0. The second-order valence-corrected chi connectivity index (χ2v) is 9.70. The number of amides is 2. The first-order chi connectivity index (χ1) is 10.7. The van der Waals surface area contributed by atoms with Crippen molar-refractivity contribution in [2.24, 2.45) is 28.6 Å². The number of urea groups is 1. The molecule has 0 aromatic heterocycles. The second kappa shape index (κ2) is 5.82. The Balaban J connectivity index is 1.59. The van der Waals surface area contributed by atoms with Gasteiger partial charge >= 0.3 is 6.03 Å². The minimum atomic E-state index is -0.0446. The van der Waals surface area contributed by atoms with Gasteiger partial charge in [-0.05, 0) is 81.0 Å². The summed E-state index contributed by atoms with van der Waals surface area (Å²) in [5.74, 6) is 2.78. The van der Waals surface area contributed by atoms with Crippen molar-refractivity contribution in [1.82, 2.24) is 10.6 Å². The summed E-state index contributed by atoms with van der Waals surface area (Å²) in [6, 6.07) is 0.232. The molecule has 23 heavy (non-hydrogen) atoms. The van der Waals surface area contributed by atoms with Crippen LogP contribution in [-0.4, -0.2) is 12.1 Å². The van der Waals surface area contributed by atoms with Gasteiger partial charge in [0.2, 0.25) is 0 Å². The third-order valence-electron chi connectivity index (χ3n) is 6.95. The van der Waals surface area contributed by atoms with Crippen molar-refractivity contribution in [2.75, 3.05) is 0 Å². The standard InChI is InChI=1S/C20H34N2O/c1-13(19(3,4)5)12-21-18(23)22-14(2)20-9-15-6-16(10-20)8-17(7-15)11-20/h12,14-17H,6-11H2,1-5H3,(H2,21,22,23)/b13-12+. The lowest BCUT2D eigenvalue weighted by molar-refractivity contribution is -0.0681. The van der Waals surface area contributed by atoms with Crippen molar-refractivity contribution in [3.63, 3.8) is 0 Å². The van der Waals surface area contributed by atoms with Crippen LogP contribution in [0.2, 0.25) is 0 Å². The van der Waals surface area contributed by atoms with Gasteiger partial charge in [0.15, 0.2) is 0 Å². The van der Waals surface area contributed by atoms with Crippen molar-refractivity contribution < 1.29 is 4.79 Å². The largest absolute Gasteiger partial charge is 0.335 e. The first-order valence-electron chi connectivity index (χ1n) is 9.42. The minimum Gasteiger partial charge on any atom is -0.335 e. The summed E-state index contributed by atoms with van der Waals surface area (Å²) in [4.78, 5) is 12.3. The van der Waals surface area contributed by atoms with Crippen molar-refractivity contribution in [1.29, 1.82) is 0 Å². The number of carbonyl (C=O) groups excluding carboxylic acids is 1. The molecule has 4 rings (SSSR count). The molecule has 4 aliphatic rings. The third-order valence-corrected chi connectivity index (χ3v) is 6.95. The van der Waals surface area contributed by atoms with Gasteiger partial charge in [0.05, 0.1) is 0 Å². The molecular weight excluding hydrogens is 284 g/mol. The molecule has 3 heteroatoms. The molecule has 0 aromatic rings. The average molecular weight is 319 g/mol. The van der Waals surface area contributed by atoms with Crippen LogP contribution < -0.4 is 10.6 Å². The topological polar surface area (TPSA) is 41.1 Å². The molecule has 2 amide bonds. The monoisotopic (exact) mass is 318 g/mol. The van der Waals surface area contributed by atoms with Gasteiger partial charge in [-0.15, -0.1) is 0 Å². The first-order valence-corrected chi connectivity index (χ1v) is 9.42. The Hall–Kier alpha value is -0.990. The highest BCUT2D eigenvalue weighted by Gasteiger charge is 2.53. The van der Waals surface area contributed by atoms with Crippen molar-refractivity contribution in [2.45, 2.75) is 79.2 Å². The normalized spacial score (nSPS) is 37.6. The van der Waals surface area contributed by atoms with E-state index in [4.69, 9.17) is 0 Å². The molecule has 1 atom stereocenters. The maximum atomic E-state index is 12.3. The summed E-state index contributed by atoms with van der Waals surface area (Å²) in [7, 11) is 0. The molecule has 0 heterocycles. The number of rotatable bonds is 3. The molecular formula is C20H34N2O. The Morgan fingerprint density at radius 1 is 1.09 bits per heavy atom. The Bertz CT molecular complexity index is 465. The zero-order valence-electron chi connectivity index (χ0n) is 15.5. The highest BCUT2D eigenvalue weighted by atomic mass is 16.2. The molecule has 3 nitrogen and oxygen atoms in total. The summed E-state index contributed by atoms with van der Waals surface area (Å²) >= 11 is 0. The lowest BCUT2D eigenvalue weighted by Crippen LogP contribution is -2.56. The summed E-state index contributed by atoms with van der Waals surface area (Å²) in [5.41, 5.74) is 1.66. The highest BCUT2D eigenvalue weighted by Crippen LogP contribution is 2.61. The van der Waals surface area contributed by atoms with Gasteiger partial charge in [-0.1, -0.05) is 26.3 Å². The molecule has 4 saturated carbocycles. The minimum absolute atomic E-state index is 0.0446. The third kappa shape index (κ3) is 3.44. The van der Waals surface area contributed by atoms with E-state index in [0.29, 0.717) is 5.41 Å². The lowest BCUT2D eigenvalue weighted by Gasteiger charge is -2.59. The summed E-state index contributed by atoms with van der Waals surface area (Å²) in [5, 5.41) is 6.19. The van der Waals surface area contributed by atoms with Crippen LogP contribution in [0.3, 0.4) is 0 Å². The van der Waals surface area contributed by atoms with Crippen molar-refractivity contribution in [3.8, 4) is 0 Å². The van der Waals surface area contributed by atoms with Crippen LogP contribution in [0.15, 0.2) is 11.8 Å². The Labute approximate surface area is 141 Å². The van der Waals surface area contributed by atoms with E-state index in [-0.39, 0.29) is 17.5 Å². The molecule has 4 bridgehead atoms. The van der Waals surface area contributed by atoms with Crippen LogP contribution in [0.5, 0.6) is 0 Å². The van der Waals surface area contributed by atoms with E-state index in [9.17, 15) is 4.79 Å². The molecule has 0 aliphatic heterocycles. The van der Waals surface area contributed by atoms with E-state index in [1.54, 1.807) is 0 Å². The molecule has 0 saturated heterocycles. The van der Waals surface area contributed by atoms with Gasteiger partial charge in [0, 0.05) is 12.2 Å². The van der Waals surface area contributed by atoms with E-state index in [0.717, 1.165) is 17.8 Å². The average Bonchev–Trinajstić information content (AvgIpc) is 2.42. The number of hydrogen-bond acceptors (Lipinski definition) is 1. The molecule has 4 fully saturated rings. The van der Waals surface area contributed by atoms with Crippen molar-refractivity contribution >= 4 is 6.03 Å². The van der Waals surface area contributed by atoms with E-state index in [2.05, 4.69) is 45.3 Å². The number of allylic oxidation sites excluding steroid dienone is 1. The Morgan fingerprint density at radius 2 is 1.57 bits per heavy atom. The molecule has 2 N–H and O–H groups in total. The van der Waals surface area contributed by atoms with Gasteiger partial charge in [0.25, 0.3) is 0 Å². The van der Waals surface area contributed by atoms with E-state index < -0.39 is 0 Å². The maximum Gasteiger partial charge on any atom is 0.318 e. The predicted octanol–water partition coefficient (Wildman–Crippen LogP) is 4.84. The van der Waals surface area contributed by atoms with E-state index >= 15 is 0 Å². The van der Waals surface area contributed by atoms with Gasteiger partial charge in [-0.2, -0.15) is 0 Å². The van der Waals surface area contributed by atoms with Crippen LogP contribution in [0.1, 0.15) is 73.1 Å². The fraction of sp³-hybridized carbons (Fsp3) is 0.850. The first kappa shape index (κ1) is 16.9. The smallest absolute Gasteiger partial charge is 0.318 e. The second-order valence-electron chi connectivity index (χ2n) is 9.70. The van der Waals surface area contributed by atoms with E-state index in [1.165, 1.54) is 44.1 Å². The molecule has 0 radical (unpaired) electrons. The SMILES string of the molecule is C/C(=C\NC(=O)NC(C)C12CC3CC(CC(C3)C1)C2)C(C)(C)C. The molecule has 130 valence electrons. The van der Waals surface area contributed by atoms with Crippen LogP contribution in [-0.2, 0) is 0 Å². The zero-order valence-corrected chi connectivity index (χ0v) is 15.5. The van der Waals surface area contributed by atoms with Gasteiger partial charge in [0.1, 0.15) is 0 Å². The quantitative estimate of drug-likeness (QED) is 0.768. The van der Waals surface area contributed by atoms with Crippen LogP contribution in [0, 0.1) is 28.6 Å². The van der Waals surface area contributed by atoms with Gasteiger partial charge < -0.3 is 10.6 Å². The fourth-order valence-electron chi connectivity index (χ4n) is 5.49. The maximum absolute atomic E-state index is 12.3. The molecule has 0 aromatic carbocycles. The Kier molecular flexibility index (Phi) is 4.27. The number of carbonyl (C=O) groups is 1. The zero-order chi connectivity index (χ0) is 16.8. The van der Waals surface area contributed by atoms with Crippen LogP contribution >= 0.6 is 0 Å². The molecule has 1 unspecified atom stereocenters. The van der Waals surface area contributed by atoms with Crippen LogP contribution in [0.4, 0.5) is 4.79 Å². The molecule has 0 spiro atoms. The highest BCUT2D eigenvalue weighted by molar-refractivity contribution is 5.75. The summed E-state index contributed by atoms with van der Waals surface area (Å²) in [6.07, 6.45) is 10.2. The Morgan fingerprint density at radius 3 is 2.00 bits per heavy atom. The van der Waals surface area contributed by atoms with Gasteiger partial charge in [-0.25, -0.2) is 4.79 Å². The molecule has 4 aliphatic carbocycles.